The fourth-order valence-electron chi connectivity index (χ4n) is 5.33. The van der Waals surface area contributed by atoms with Crippen LogP contribution in [0.2, 0.25) is 0 Å². The van der Waals surface area contributed by atoms with Crippen molar-refractivity contribution in [3.63, 3.8) is 0 Å². The highest BCUT2D eigenvalue weighted by Gasteiger charge is 2.41. The van der Waals surface area contributed by atoms with Gasteiger partial charge < -0.3 is 20.1 Å². The third-order valence-corrected chi connectivity index (χ3v) is 7.53. The van der Waals surface area contributed by atoms with Crippen LogP contribution in [0.5, 0.6) is 0 Å². The predicted molar refractivity (Wildman–Crippen MR) is 160 cm³/mol. The van der Waals surface area contributed by atoms with Gasteiger partial charge in [0.05, 0.1) is 17.8 Å². The number of carbonyl (C=O) groups excluding carboxylic acids is 1. The van der Waals surface area contributed by atoms with Gasteiger partial charge in [0.2, 0.25) is 5.91 Å². The van der Waals surface area contributed by atoms with E-state index in [1.54, 1.807) is 6.20 Å². The van der Waals surface area contributed by atoms with E-state index >= 15 is 0 Å². The fourth-order valence-corrected chi connectivity index (χ4v) is 5.66. The molecule has 2 atom stereocenters. The Hall–Kier alpha value is -4.49. The normalized spacial score (nSPS) is 16.8. The lowest BCUT2D eigenvalue weighted by atomic mass is 10.0. The molecule has 3 aromatic carbocycles. The van der Waals surface area contributed by atoms with Crippen LogP contribution in [0.1, 0.15) is 35.5 Å². The molecule has 6 nitrogen and oxygen atoms in total. The summed E-state index contributed by atoms with van der Waals surface area (Å²) in [5.74, 6) is -0.0478. The van der Waals surface area contributed by atoms with Crippen LogP contribution in [-0.4, -0.2) is 32.0 Å². The number of hydrogen-bond donors (Lipinski definition) is 2. The molecule has 0 bridgehead atoms. The zero-order valence-corrected chi connectivity index (χ0v) is 22.4. The highest BCUT2D eigenvalue weighted by Crippen LogP contribution is 2.39. The number of nitrogens with zero attached hydrogens (tertiary/aromatic N) is 3. The summed E-state index contributed by atoms with van der Waals surface area (Å²) >= 11 is 5.84. The Kier molecular flexibility index (Phi) is 6.82. The molecule has 0 radical (unpaired) electrons. The van der Waals surface area contributed by atoms with Crippen molar-refractivity contribution < 1.29 is 4.79 Å². The van der Waals surface area contributed by atoms with Crippen LogP contribution in [0.4, 0.5) is 5.69 Å². The fraction of sp³-hybridized carbons (Fsp3) is 0.156. The van der Waals surface area contributed by atoms with Crippen molar-refractivity contribution in [2.45, 2.75) is 25.4 Å². The number of fused-ring (bicyclic) bond motifs is 1. The number of nitrogens with one attached hydrogen (secondary N) is 2. The van der Waals surface area contributed by atoms with E-state index in [4.69, 9.17) is 12.2 Å². The first-order valence-electron chi connectivity index (χ1n) is 13.1. The summed E-state index contributed by atoms with van der Waals surface area (Å²) < 4.78 is 2.21. The Morgan fingerprint density at radius 1 is 0.949 bits per heavy atom. The van der Waals surface area contributed by atoms with Gasteiger partial charge in [-0.3, -0.25) is 9.78 Å². The monoisotopic (exact) mass is 531 g/mol. The van der Waals surface area contributed by atoms with E-state index in [9.17, 15) is 4.79 Å². The lowest BCUT2D eigenvalue weighted by Gasteiger charge is -2.29. The predicted octanol–water partition coefficient (Wildman–Crippen LogP) is 6.34. The lowest BCUT2D eigenvalue weighted by Crippen LogP contribution is -2.33. The van der Waals surface area contributed by atoms with Crippen molar-refractivity contribution in [2.24, 2.45) is 0 Å². The van der Waals surface area contributed by atoms with Gasteiger partial charge in [0, 0.05) is 42.4 Å². The Morgan fingerprint density at radius 2 is 1.79 bits per heavy atom. The molecular formula is C32H29N5OS. The van der Waals surface area contributed by atoms with Gasteiger partial charge in [0.15, 0.2) is 5.11 Å². The quantitative estimate of drug-likeness (QED) is 0.240. The molecule has 1 fully saturated rings. The minimum atomic E-state index is -0.160. The molecule has 0 aliphatic carbocycles. The second-order valence-electron chi connectivity index (χ2n) is 9.82. The van der Waals surface area contributed by atoms with E-state index in [1.807, 2.05) is 49.4 Å². The minimum absolute atomic E-state index is 0.0478. The summed E-state index contributed by atoms with van der Waals surface area (Å²) in [6.45, 7) is 2.48. The van der Waals surface area contributed by atoms with Crippen molar-refractivity contribution >= 4 is 39.7 Å². The molecule has 1 aliphatic rings. The zero-order chi connectivity index (χ0) is 26.8. The summed E-state index contributed by atoms with van der Waals surface area (Å²) in [6, 6.07) is 32.5. The van der Waals surface area contributed by atoms with Gasteiger partial charge >= 0.3 is 0 Å². The molecule has 1 aliphatic heterocycles. The van der Waals surface area contributed by atoms with Crippen molar-refractivity contribution in [1.82, 2.24) is 19.8 Å². The third-order valence-electron chi connectivity index (χ3n) is 7.17. The topological polar surface area (TPSA) is 62.2 Å². The molecule has 3 heterocycles. The van der Waals surface area contributed by atoms with Crippen LogP contribution in [0, 0.1) is 6.92 Å². The van der Waals surface area contributed by atoms with Gasteiger partial charge in [0.25, 0.3) is 0 Å². The third kappa shape index (κ3) is 5.13. The van der Waals surface area contributed by atoms with Gasteiger partial charge in [-0.1, -0.05) is 48.5 Å². The molecule has 2 N–H and O–H groups in total. The van der Waals surface area contributed by atoms with Crippen LogP contribution in [0.25, 0.3) is 16.5 Å². The number of carbonyl (C=O) groups is 1. The highest BCUT2D eigenvalue weighted by molar-refractivity contribution is 7.80. The Bertz CT molecular complexity index is 1650. The molecule has 2 aromatic heterocycles. The smallest absolute Gasteiger partial charge is 0.226 e. The number of aryl methyl sites for hydroxylation is 1. The maximum absolute atomic E-state index is 12.9. The second-order valence-corrected chi connectivity index (χ2v) is 10.2. The number of hydrogen-bond acceptors (Lipinski definition) is 3. The van der Waals surface area contributed by atoms with E-state index in [1.165, 1.54) is 10.8 Å². The van der Waals surface area contributed by atoms with Crippen LogP contribution in [0.15, 0.2) is 109 Å². The van der Waals surface area contributed by atoms with E-state index in [2.05, 4.69) is 85.9 Å². The molecule has 5 aromatic rings. The largest absolute Gasteiger partial charge is 0.352 e. The molecular weight excluding hydrogens is 502 g/mol. The number of thiocarbonyl (C=S) groups is 1. The minimum Gasteiger partial charge on any atom is -0.352 e. The molecule has 1 saturated heterocycles. The first-order chi connectivity index (χ1) is 19.1. The van der Waals surface area contributed by atoms with Crippen molar-refractivity contribution in [1.29, 1.82) is 0 Å². The number of anilines is 1. The van der Waals surface area contributed by atoms with E-state index in [0.29, 0.717) is 18.1 Å². The highest BCUT2D eigenvalue weighted by atomic mass is 32.1. The molecule has 1 amide bonds. The summed E-state index contributed by atoms with van der Waals surface area (Å²) in [4.78, 5) is 19.7. The summed E-state index contributed by atoms with van der Waals surface area (Å²) in [6.07, 6.45) is 4.19. The summed E-state index contributed by atoms with van der Waals surface area (Å²) in [5, 5.41) is 9.52. The Morgan fingerprint density at radius 3 is 2.62 bits per heavy atom. The first-order valence-corrected chi connectivity index (χ1v) is 13.5. The van der Waals surface area contributed by atoms with Crippen LogP contribution < -0.4 is 10.6 Å². The molecule has 6 rings (SSSR count). The molecule has 0 saturated carbocycles. The molecule has 39 heavy (non-hydrogen) atoms. The number of rotatable bonds is 7. The Balaban J connectivity index is 1.32. The van der Waals surface area contributed by atoms with Crippen molar-refractivity contribution in [3.8, 4) is 5.69 Å². The standard InChI is InChI=1S/C32H29N5OS/c1-22-8-6-11-25(20-22)34-29(38)16-19-37-31(30(35-32(37)39)27-12-4-5-17-33-27)28-13-7-18-36(28)26-15-14-23-9-2-3-10-24(23)21-26/h2-15,17-18,20-21,30-31H,16,19H2,1H3,(H,34,38)(H,35,39)/t30-,31-/m1/s1. The average Bonchev–Trinajstić information content (AvgIpc) is 3.56. The van der Waals surface area contributed by atoms with Gasteiger partial charge in [-0.2, -0.15) is 0 Å². The molecule has 0 spiro atoms. The number of aromatic nitrogens is 2. The maximum atomic E-state index is 12.9. The molecule has 7 heteroatoms. The SMILES string of the molecule is Cc1cccc(NC(=O)CCN2C(=S)N[C@H](c3ccccn3)[C@H]2c2cccn2-c2ccc3ccccc3c2)c1. The van der Waals surface area contributed by atoms with E-state index in [0.717, 1.165) is 28.3 Å². The van der Waals surface area contributed by atoms with Crippen LogP contribution in [0.3, 0.4) is 0 Å². The Labute approximate surface area is 233 Å². The second kappa shape index (κ2) is 10.7. The van der Waals surface area contributed by atoms with Gasteiger partial charge in [-0.15, -0.1) is 0 Å². The van der Waals surface area contributed by atoms with Crippen LogP contribution >= 0.6 is 12.2 Å². The van der Waals surface area contributed by atoms with Gasteiger partial charge in [-0.05, 0) is 84.0 Å². The zero-order valence-electron chi connectivity index (χ0n) is 21.6. The van der Waals surface area contributed by atoms with Crippen molar-refractivity contribution in [2.75, 3.05) is 11.9 Å². The van der Waals surface area contributed by atoms with Gasteiger partial charge in [0.1, 0.15) is 0 Å². The summed E-state index contributed by atoms with van der Waals surface area (Å²) in [7, 11) is 0. The molecule has 194 valence electrons. The van der Waals surface area contributed by atoms with E-state index < -0.39 is 0 Å². The number of amides is 1. The lowest BCUT2D eigenvalue weighted by molar-refractivity contribution is -0.116. The molecule has 0 unspecified atom stereocenters. The van der Waals surface area contributed by atoms with Gasteiger partial charge in [-0.25, -0.2) is 0 Å². The number of pyridine rings is 1. The van der Waals surface area contributed by atoms with Crippen molar-refractivity contribution in [3.05, 3.63) is 126 Å². The van der Waals surface area contributed by atoms with E-state index in [-0.39, 0.29) is 18.0 Å². The summed E-state index contributed by atoms with van der Waals surface area (Å²) in [5.41, 5.74) is 4.96. The maximum Gasteiger partial charge on any atom is 0.226 e. The first kappa shape index (κ1) is 24.8. The number of benzene rings is 3. The van der Waals surface area contributed by atoms with Crippen LogP contribution in [-0.2, 0) is 4.79 Å². The average molecular weight is 532 g/mol.